The summed E-state index contributed by atoms with van der Waals surface area (Å²) in [4.78, 5) is 30.5. The van der Waals surface area contributed by atoms with Crippen LogP contribution in [0.25, 0.3) is 0 Å². The number of carbonyl (C=O) groups excluding carboxylic acids is 2. The van der Waals surface area contributed by atoms with Crippen LogP contribution in [0.2, 0.25) is 0 Å². The number of benzene rings is 1. The van der Waals surface area contributed by atoms with Crippen molar-refractivity contribution in [3.63, 3.8) is 0 Å². The highest BCUT2D eigenvalue weighted by Crippen LogP contribution is 2.33. The molecule has 4 rings (SSSR count). The molecule has 0 bridgehead atoms. The second kappa shape index (κ2) is 7.92. The minimum absolute atomic E-state index is 0.0786. The number of carbonyl (C=O) groups is 2. The molecular formula is C22H22F3N5O2. The van der Waals surface area contributed by atoms with Crippen LogP contribution in [0.5, 0.6) is 0 Å². The van der Waals surface area contributed by atoms with Crippen LogP contribution in [-0.2, 0) is 17.9 Å². The van der Waals surface area contributed by atoms with Gasteiger partial charge in [0.2, 0.25) is 5.91 Å². The Morgan fingerprint density at radius 3 is 2.47 bits per heavy atom. The van der Waals surface area contributed by atoms with Gasteiger partial charge < -0.3 is 10.2 Å². The molecule has 32 heavy (non-hydrogen) atoms. The van der Waals surface area contributed by atoms with Crippen LogP contribution < -0.4 is 5.32 Å². The van der Waals surface area contributed by atoms with Gasteiger partial charge >= 0.3 is 12.2 Å². The third kappa shape index (κ3) is 4.58. The van der Waals surface area contributed by atoms with E-state index in [-0.39, 0.29) is 12.5 Å². The van der Waals surface area contributed by atoms with E-state index in [2.05, 4.69) is 15.4 Å². The molecule has 0 saturated carbocycles. The molecule has 2 aromatic rings. The SMILES string of the molecule is CC1(C)CC(=O)N(CC(F)(F)F)N=C1c1ccc(NC(=O)N2Cc3ccncc3C2)cc1. The van der Waals surface area contributed by atoms with E-state index in [0.29, 0.717) is 35.1 Å². The molecule has 10 heteroatoms. The van der Waals surface area contributed by atoms with Gasteiger partial charge in [-0.25, -0.2) is 9.80 Å². The van der Waals surface area contributed by atoms with Crippen LogP contribution in [0.3, 0.4) is 0 Å². The highest BCUT2D eigenvalue weighted by atomic mass is 19.4. The van der Waals surface area contributed by atoms with Gasteiger partial charge in [-0.2, -0.15) is 18.3 Å². The number of nitrogens with zero attached hydrogens (tertiary/aromatic N) is 4. The number of alkyl halides is 3. The maximum absolute atomic E-state index is 12.8. The first-order valence-corrected chi connectivity index (χ1v) is 10.1. The number of fused-ring (bicyclic) bond motifs is 1. The standard InChI is InChI=1S/C22H22F3N5O2/c1-21(2)9-18(31)30(13-22(23,24)25)28-19(21)14-3-5-17(6-4-14)27-20(32)29-11-15-7-8-26-10-16(15)12-29/h3-8,10H,9,11-13H2,1-2H3,(H,27,32). The number of rotatable bonds is 3. The van der Waals surface area contributed by atoms with Crippen LogP contribution in [0, 0.1) is 5.41 Å². The van der Waals surface area contributed by atoms with Crippen LogP contribution in [-0.4, -0.2) is 45.3 Å². The lowest BCUT2D eigenvalue weighted by Gasteiger charge is -2.35. The van der Waals surface area contributed by atoms with Crippen LogP contribution in [0.4, 0.5) is 23.7 Å². The van der Waals surface area contributed by atoms with Gasteiger partial charge in [0.15, 0.2) is 0 Å². The molecule has 7 nitrogen and oxygen atoms in total. The summed E-state index contributed by atoms with van der Waals surface area (Å²) in [5, 5.41) is 7.34. The normalized spacial score (nSPS) is 17.8. The van der Waals surface area contributed by atoms with E-state index < -0.39 is 24.0 Å². The van der Waals surface area contributed by atoms with Crippen molar-refractivity contribution in [3.05, 3.63) is 59.4 Å². The number of hydrazone groups is 1. The number of hydrogen-bond donors (Lipinski definition) is 1. The van der Waals surface area contributed by atoms with Gasteiger partial charge in [0.1, 0.15) is 6.54 Å². The van der Waals surface area contributed by atoms with Gasteiger partial charge in [-0.1, -0.05) is 26.0 Å². The lowest BCUT2D eigenvalue weighted by molar-refractivity contribution is -0.163. The summed E-state index contributed by atoms with van der Waals surface area (Å²) in [6.45, 7) is 3.08. The largest absolute Gasteiger partial charge is 0.408 e. The van der Waals surface area contributed by atoms with Crippen molar-refractivity contribution in [3.8, 4) is 0 Å². The van der Waals surface area contributed by atoms with E-state index in [1.807, 2.05) is 6.07 Å². The van der Waals surface area contributed by atoms with Gasteiger partial charge in [-0.05, 0) is 34.9 Å². The van der Waals surface area contributed by atoms with E-state index in [1.54, 1.807) is 55.4 Å². The third-order valence-electron chi connectivity index (χ3n) is 5.50. The fraction of sp³-hybridized carbons (Fsp3) is 0.364. The molecule has 3 heterocycles. The van der Waals surface area contributed by atoms with Gasteiger partial charge in [0.25, 0.3) is 0 Å². The topological polar surface area (TPSA) is 77.9 Å². The Bertz CT molecular complexity index is 1050. The van der Waals surface area contributed by atoms with E-state index in [4.69, 9.17) is 0 Å². The van der Waals surface area contributed by atoms with Crippen molar-refractivity contribution in [1.29, 1.82) is 0 Å². The van der Waals surface area contributed by atoms with E-state index in [9.17, 15) is 22.8 Å². The second-order valence-electron chi connectivity index (χ2n) is 8.58. The Kier molecular flexibility index (Phi) is 5.39. The maximum atomic E-state index is 12.8. The van der Waals surface area contributed by atoms with Crippen molar-refractivity contribution in [2.24, 2.45) is 10.5 Å². The van der Waals surface area contributed by atoms with Crippen molar-refractivity contribution < 1.29 is 22.8 Å². The van der Waals surface area contributed by atoms with Crippen molar-refractivity contribution >= 4 is 23.3 Å². The Hall–Kier alpha value is -3.43. The maximum Gasteiger partial charge on any atom is 0.408 e. The summed E-state index contributed by atoms with van der Waals surface area (Å²) in [6.07, 6.45) is -1.18. The highest BCUT2D eigenvalue weighted by Gasteiger charge is 2.41. The first kappa shape index (κ1) is 21.8. The first-order chi connectivity index (χ1) is 15.0. The predicted molar refractivity (Wildman–Crippen MR) is 112 cm³/mol. The first-order valence-electron chi connectivity index (χ1n) is 10.1. The number of urea groups is 1. The van der Waals surface area contributed by atoms with E-state index in [1.165, 1.54) is 0 Å². The predicted octanol–water partition coefficient (Wildman–Crippen LogP) is 4.15. The number of anilines is 1. The van der Waals surface area contributed by atoms with Gasteiger partial charge in [-0.3, -0.25) is 9.78 Å². The minimum atomic E-state index is -4.54. The zero-order chi connectivity index (χ0) is 23.1. The Balaban J connectivity index is 1.48. The molecule has 2 aliphatic rings. The van der Waals surface area contributed by atoms with Gasteiger partial charge in [-0.15, -0.1) is 0 Å². The average molecular weight is 445 g/mol. The van der Waals surface area contributed by atoms with Crippen LogP contribution in [0.15, 0.2) is 47.8 Å². The molecule has 1 aromatic carbocycles. The summed E-state index contributed by atoms with van der Waals surface area (Å²) in [5.41, 5.74) is 2.87. The number of pyridine rings is 1. The zero-order valence-corrected chi connectivity index (χ0v) is 17.6. The Labute approximate surface area is 182 Å². The lowest BCUT2D eigenvalue weighted by atomic mass is 9.79. The molecular weight excluding hydrogens is 423 g/mol. The molecule has 0 unspecified atom stereocenters. The zero-order valence-electron chi connectivity index (χ0n) is 17.6. The minimum Gasteiger partial charge on any atom is -0.316 e. The van der Waals surface area contributed by atoms with Crippen molar-refractivity contribution in [2.75, 3.05) is 11.9 Å². The molecule has 168 valence electrons. The van der Waals surface area contributed by atoms with Crippen molar-refractivity contribution in [2.45, 2.75) is 39.5 Å². The molecule has 0 atom stereocenters. The fourth-order valence-electron chi connectivity index (χ4n) is 3.88. The molecule has 0 fully saturated rings. The number of nitrogens with one attached hydrogen (secondary N) is 1. The quantitative estimate of drug-likeness (QED) is 0.771. The molecule has 0 spiro atoms. The van der Waals surface area contributed by atoms with Crippen LogP contribution >= 0.6 is 0 Å². The number of halogens is 3. The summed E-state index contributed by atoms with van der Waals surface area (Å²) in [5.74, 6) is -0.665. The number of aromatic nitrogens is 1. The highest BCUT2D eigenvalue weighted by molar-refractivity contribution is 6.08. The van der Waals surface area contributed by atoms with Gasteiger partial charge in [0.05, 0.1) is 5.71 Å². The smallest absolute Gasteiger partial charge is 0.316 e. The van der Waals surface area contributed by atoms with E-state index >= 15 is 0 Å². The molecule has 2 aliphatic heterocycles. The summed E-state index contributed by atoms with van der Waals surface area (Å²) in [7, 11) is 0. The fourth-order valence-corrected chi connectivity index (χ4v) is 3.88. The molecule has 1 N–H and O–H groups in total. The number of hydrogen-bond acceptors (Lipinski definition) is 4. The Morgan fingerprint density at radius 2 is 1.81 bits per heavy atom. The second-order valence-corrected chi connectivity index (χ2v) is 8.58. The van der Waals surface area contributed by atoms with Crippen molar-refractivity contribution in [1.82, 2.24) is 14.9 Å². The summed E-state index contributed by atoms with van der Waals surface area (Å²) < 4.78 is 38.4. The monoisotopic (exact) mass is 445 g/mol. The summed E-state index contributed by atoms with van der Waals surface area (Å²) >= 11 is 0. The van der Waals surface area contributed by atoms with Gasteiger partial charge in [0, 0.05) is 43.0 Å². The van der Waals surface area contributed by atoms with E-state index in [0.717, 1.165) is 11.1 Å². The lowest BCUT2D eigenvalue weighted by Crippen LogP contribution is -2.45. The summed E-state index contributed by atoms with van der Waals surface area (Å²) in [6, 6.07) is 8.33. The van der Waals surface area contributed by atoms with Crippen LogP contribution in [0.1, 0.15) is 37.0 Å². The molecule has 3 amide bonds. The molecule has 0 aliphatic carbocycles. The third-order valence-corrected chi connectivity index (χ3v) is 5.50. The molecule has 0 radical (unpaired) electrons. The molecule has 1 aromatic heterocycles. The molecule has 0 saturated heterocycles. The Morgan fingerprint density at radius 1 is 1.12 bits per heavy atom. The number of amides is 3. The average Bonchev–Trinajstić information content (AvgIpc) is 3.14.